The quantitative estimate of drug-likeness (QED) is 0.759. The lowest BCUT2D eigenvalue weighted by molar-refractivity contribution is -0.155. The third-order valence-electron chi connectivity index (χ3n) is 3.29. The van der Waals surface area contributed by atoms with Gasteiger partial charge in [-0.2, -0.15) is 0 Å². The molecule has 0 aliphatic rings. The molecule has 0 saturated carbocycles. The highest BCUT2D eigenvalue weighted by atomic mass is 35.5. The van der Waals surface area contributed by atoms with Gasteiger partial charge in [-0.05, 0) is 55.8 Å². The Morgan fingerprint density at radius 3 is 2.44 bits per heavy atom. The van der Waals surface area contributed by atoms with Crippen molar-refractivity contribution in [2.75, 3.05) is 11.9 Å². The summed E-state index contributed by atoms with van der Waals surface area (Å²) in [4.78, 5) is 23.8. The number of hydrogen-bond acceptors (Lipinski definition) is 4. The number of amides is 1. The minimum Gasteiger partial charge on any atom is -0.482 e. The van der Waals surface area contributed by atoms with Crippen LogP contribution in [-0.2, 0) is 14.3 Å². The van der Waals surface area contributed by atoms with Crippen LogP contribution in [0.1, 0.15) is 12.5 Å². The molecule has 0 aliphatic heterocycles. The van der Waals surface area contributed by atoms with Gasteiger partial charge in [0, 0.05) is 15.7 Å². The number of nitrogens with one attached hydrogen (secondary N) is 1. The molecule has 1 atom stereocenters. The predicted octanol–water partition coefficient (Wildman–Crippen LogP) is 4.25. The van der Waals surface area contributed by atoms with Crippen LogP contribution in [0.15, 0.2) is 42.5 Å². The van der Waals surface area contributed by atoms with E-state index in [1.165, 1.54) is 6.92 Å². The number of aryl methyl sites for hydroxylation is 1. The number of hydrogen-bond donors (Lipinski definition) is 1. The summed E-state index contributed by atoms with van der Waals surface area (Å²) in [6.45, 7) is 3.03. The summed E-state index contributed by atoms with van der Waals surface area (Å²) in [6, 6.07) is 11.7. The smallest absolute Gasteiger partial charge is 0.344 e. The summed E-state index contributed by atoms with van der Waals surface area (Å²) in [5.74, 6) is -0.632. The van der Waals surface area contributed by atoms with E-state index in [-0.39, 0.29) is 6.61 Å². The van der Waals surface area contributed by atoms with Gasteiger partial charge in [-0.15, -0.1) is 0 Å². The zero-order chi connectivity index (χ0) is 18.4. The van der Waals surface area contributed by atoms with Crippen LogP contribution in [-0.4, -0.2) is 24.6 Å². The van der Waals surface area contributed by atoms with Crippen molar-refractivity contribution in [2.45, 2.75) is 20.0 Å². The van der Waals surface area contributed by atoms with Crippen LogP contribution in [0.2, 0.25) is 10.0 Å². The van der Waals surface area contributed by atoms with Gasteiger partial charge in [0.15, 0.2) is 12.7 Å². The first kappa shape index (κ1) is 19.1. The monoisotopic (exact) mass is 381 g/mol. The van der Waals surface area contributed by atoms with Crippen molar-refractivity contribution < 1.29 is 19.1 Å². The van der Waals surface area contributed by atoms with Crippen molar-refractivity contribution in [2.24, 2.45) is 0 Å². The maximum absolute atomic E-state index is 12.1. The number of halogens is 2. The molecule has 2 aromatic rings. The molecule has 0 heterocycles. The SMILES string of the molecule is Cc1ccc(NC(=O)[C@H](C)OC(=O)COc2ccc(Cl)cc2)cc1Cl. The van der Waals surface area contributed by atoms with Gasteiger partial charge in [0.25, 0.3) is 5.91 Å². The highest BCUT2D eigenvalue weighted by molar-refractivity contribution is 6.31. The Morgan fingerprint density at radius 1 is 1.12 bits per heavy atom. The number of ether oxygens (including phenoxy) is 2. The summed E-state index contributed by atoms with van der Waals surface area (Å²) < 4.78 is 10.3. The van der Waals surface area contributed by atoms with Crippen LogP contribution in [0.25, 0.3) is 0 Å². The minimum atomic E-state index is -0.971. The molecule has 1 amide bonds. The molecule has 0 unspecified atom stereocenters. The maximum Gasteiger partial charge on any atom is 0.344 e. The maximum atomic E-state index is 12.1. The predicted molar refractivity (Wildman–Crippen MR) is 97.3 cm³/mol. The highest BCUT2D eigenvalue weighted by Crippen LogP contribution is 2.20. The number of anilines is 1. The van der Waals surface area contributed by atoms with Crippen LogP contribution in [0.3, 0.4) is 0 Å². The van der Waals surface area contributed by atoms with Crippen LogP contribution in [0.4, 0.5) is 5.69 Å². The molecule has 2 rings (SSSR count). The van der Waals surface area contributed by atoms with Gasteiger partial charge in [0.05, 0.1) is 0 Å². The molecule has 0 bridgehead atoms. The van der Waals surface area contributed by atoms with E-state index in [1.807, 2.05) is 6.92 Å². The Balaban J connectivity index is 1.82. The topological polar surface area (TPSA) is 64.6 Å². The van der Waals surface area contributed by atoms with E-state index < -0.39 is 18.0 Å². The third kappa shape index (κ3) is 5.96. The lowest BCUT2D eigenvalue weighted by Gasteiger charge is -2.14. The van der Waals surface area contributed by atoms with Crippen molar-refractivity contribution in [3.8, 4) is 5.75 Å². The Morgan fingerprint density at radius 2 is 1.80 bits per heavy atom. The number of carbonyl (C=O) groups is 2. The van der Waals surface area contributed by atoms with Gasteiger partial charge < -0.3 is 14.8 Å². The molecule has 0 spiro atoms. The van der Waals surface area contributed by atoms with E-state index in [0.717, 1.165) is 5.56 Å². The summed E-state index contributed by atoms with van der Waals surface area (Å²) in [6.07, 6.45) is -0.971. The molecule has 0 saturated heterocycles. The van der Waals surface area contributed by atoms with Gasteiger partial charge in [0.2, 0.25) is 0 Å². The van der Waals surface area contributed by atoms with E-state index in [0.29, 0.717) is 21.5 Å². The zero-order valence-corrected chi connectivity index (χ0v) is 15.2. The fourth-order valence-corrected chi connectivity index (χ4v) is 2.18. The van der Waals surface area contributed by atoms with Gasteiger partial charge in [0.1, 0.15) is 5.75 Å². The first-order valence-electron chi connectivity index (χ1n) is 7.50. The molecule has 5 nitrogen and oxygen atoms in total. The minimum absolute atomic E-state index is 0.310. The van der Waals surface area contributed by atoms with Crippen molar-refractivity contribution in [3.05, 3.63) is 58.1 Å². The average molecular weight is 382 g/mol. The zero-order valence-electron chi connectivity index (χ0n) is 13.7. The molecule has 7 heteroatoms. The molecule has 25 heavy (non-hydrogen) atoms. The molecule has 2 aromatic carbocycles. The van der Waals surface area contributed by atoms with Crippen LogP contribution in [0.5, 0.6) is 5.75 Å². The van der Waals surface area contributed by atoms with Gasteiger partial charge in [-0.3, -0.25) is 4.79 Å². The molecule has 0 radical (unpaired) electrons. The van der Waals surface area contributed by atoms with Crippen LogP contribution < -0.4 is 10.1 Å². The van der Waals surface area contributed by atoms with E-state index >= 15 is 0 Å². The summed E-state index contributed by atoms with van der Waals surface area (Å²) in [7, 11) is 0. The van der Waals surface area contributed by atoms with Gasteiger partial charge in [-0.1, -0.05) is 29.3 Å². The summed E-state index contributed by atoms with van der Waals surface area (Å²) >= 11 is 11.8. The van der Waals surface area contributed by atoms with Gasteiger partial charge in [-0.25, -0.2) is 4.79 Å². The van der Waals surface area contributed by atoms with Crippen molar-refractivity contribution in [1.29, 1.82) is 0 Å². The average Bonchev–Trinajstić information content (AvgIpc) is 2.57. The number of benzene rings is 2. The number of rotatable bonds is 6. The fourth-order valence-electron chi connectivity index (χ4n) is 1.87. The van der Waals surface area contributed by atoms with Crippen molar-refractivity contribution >= 4 is 40.8 Å². The summed E-state index contributed by atoms with van der Waals surface area (Å²) in [5, 5.41) is 3.75. The van der Waals surface area contributed by atoms with E-state index in [9.17, 15) is 9.59 Å². The standard InChI is InChI=1S/C18H17Cl2NO4/c1-11-3-6-14(9-16(11)20)21-18(23)12(2)25-17(22)10-24-15-7-4-13(19)5-8-15/h3-9,12H,10H2,1-2H3,(H,21,23)/t12-/m0/s1. The Hall–Kier alpha value is -2.24. The molecule has 0 aliphatic carbocycles. The lowest BCUT2D eigenvalue weighted by atomic mass is 10.2. The second-order valence-electron chi connectivity index (χ2n) is 5.33. The number of carbonyl (C=O) groups excluding carboxylic acids is 2. The molecular formula is C18H17Cl2NO4. The molecular weight excluding hydrogens is 365 g/mol. The van der Waals surface area contributed by atoms with Crippen LogP contribution >= 0.6 is 23.2 Å². The Labute approximate surface area is 155 Å². The van der Waals surface area contributed by atoms with E-state index in [1.54, 1.807) is 42.5 Å². The second-order valence-corrected chi connectivity index (χ2v) is 6.17. The Bertz CT molecular complexity index is 762. The summed E-state index contributed by atoms with van der Waals surface area (Å²) in [5.41, 5.74) is 1.43. The molecule has 0 aromatic heterocycles. The largest absolute Gasteiger partial charge is 0.482 e. The van der Waals surface area contributed by atoms with Crippen molar-refractivity contribution in [1.82, 2.24) is 0 Å². The normalized spacial score (nSPS) is 11.5. The third-order valence-corrected chi connectivity index (χ3v) is 3.95. The highest BCUT2D eigenvalue weighted by Gasteiger charge is 2.18. The fraction of sp³-hybridized carbons (Fsp3) is 0.222. The molecule has 132 valence electrons. The molecule has 0 fully saturated rings. The van der Waals surface area contributed by atoms with Crippen molar-refractivity contribution in [3.63, 3.8) is 0 Å². The van der Waals surface area contributed by atoms with E-state index in [2.05, 4.69) is 5.32 Å². The lowest BCUT2D eigenvalue weighted by Crippen LogP contribution is -2.31. The molecule has 1 N–H and O–H groups in total. The second kappa shape index (κ2) is 8.74. The number of esters is 1. The first-order valence-corrected chi connectivity index (χ1v) is 8.25. The Kier molecular flexibility index (Phi) is 6.67. The van der Waals surface area contributed by atoms with Crippen LogP contribution in [0, 0.1) is 6.92 Å². The first-order chi connectivity index (χ1) is 11.8. The van der Waals surface area contributed by atoms with E-state index in [4.69, 9.17) is 32.7 Å². The van der Waals surface area contributed by atoms with Gasteiger partial charge >= 0.3 is 5.97 Å².